The van der Waals surface area contributed by atoms with Gasteiger partial charge < -0.3 is 14.8 Å². The molecule has 1 unspecified atom stereocenters. The predicted molar refractivity (Wildman–Crippen MR) is 102 cm³/mol. The zero-order chi connectivity index (χ0) is 18.9. The molecule has 0 radical (unpaired) electrons. The molecule has 1 atom stereocenters. The molecule has 0 aromatic heterocycles. The van der Waals surface area contributed by atoms with E-state index in [-0.39, 0.29) is 17.8 Å². The van der Waals surface area contributed by atoms with Crippen molar-refractivity contribution in [3.8, 4) is 11.1 Å². The second kappa shape index (κ2) is 6.95. The molecule has 4 rings (SSSR count). The lowest BCUT2D eigenvalue weighted by Crippen LogP contribution is -2.27. The van der Waals surface area contributed by atoms with Gasteiger partial charge in [-0.3, -0.25) is 9.59 Å². The van der Waals surface area contributed by atoms with Crippen LogP contribution in [0.15, 0.2) is 72.8 Å². The Bertz CT molecular complexity index is 910. The van der Waals surface area contributed by atoms with Gasteiger partial charge in [0.15, 0.2) is 5.78 Å². The molecule has 5 nitrogen and oxygen atoms in total. The van der Waals surface area contributed by atoms with Gasteiger partial charge in [-0.1, -0.05) is 36.4 Å². The Morgan fingerprint density at radius 3 is 2.19 bits per heavy atom. The van der Waals surface area contributed by atoms with Crippen molar-refractivity contribution in [3.05, 3.63) is 78.4 Å². The highest BCUT2D eigenvalue weighted by Crippen LogP contribution is 2.37. The summed E-state index contributed by atoms with van der Waals surface area (Å²) in [7, 11) is 0. The van der Waals surface area contributed by atoms with Crippen LogP contribution in [0.2, 0.25) is 0 Å². The maximum atomic E-state index is 11.3. The number of allylic oxidation sites excluding steroid dienone is 2. The molecule has 1 saturated heterocycles. The first-order valence-corrected chi connectivity index (χ1v) is 8.75. The van der Waals surface area contributed by atoms with Crippen LogP contribution in [0.4, 0.5) is 5.69 Å². The van der Waals surface area contributed by atoms with Gasteiger partial charge in [-0.2, -0.15) is 0 Å². The molecule has 1 fully saturated rings. The first-order chi connectivity index (χ1) is 13.0. The molecule has 5 heteroatoms. The second-order valence-electron chi connectivity index (χ2n) is 6.59. The van der Waals surface area contributed by atoms with E-state index >= 15 is 0 Å². The maximum absolute atomic E-state index is 11.3. The number of hydrogen-bond donors (Lipinski definition) is 1. The van der Waals surface area contributed by atoms with E-state index in [4.69, 9.17) is 9.47 Å². The molecule has 2 aromatic carbocycles. The summed E-state index contributed by atoms with van der Waals surface area (Å²) in [5.74, 6) is -1.09. The van der Waals surface area contributed by atoms with Gasteiger partial charge in [0.25, 0.3) is 0 Å². The maximum Gasteiger partial charge on any atom is 0.221 e. The first kappa shape index (κ1) is 17.4. The van der Waals surface area contributed by atoms with E-state index in [0.717, 1.165) is 22.4 Å². The van der Waals surface area contributed by atoms with Crippen LogP contribution in [0.1, 0.15) is 18.6 Å². The minimum atomic E-state index is -0.934. The van der Waals surface area contributed by atoms with Crippen LogP contribution in [0.25, 0.3) is 11.1 Å². The molecule has 0 bridgehead atoms. The van der Waals surface area contributed by atoms with Gasteiger partial charge in [-0.05, 0) is 53.1 Å². The van der Waals surface area contributed by atoms with E-state index in [1.807, 2.05) is 48.5 Å². The van der Waals surface area contributed by atoms with Crippen LogP contribution >= 0.6 is 0 Å². The summed E-state index contributed by atoms with van der Waals surface area (Å²) in [6.07, 6.45) is 6.05. The van der Waals surface area contributed by atoms with Gasteiger partial charge in [-0.15, -0.1) is 0 Å². The van der Waals surface area contributed by atoms with Crippen LogP contribution in [0.3, 0.4) is 0 Å². The number of ketones is 1. The number of nitrogens with one attached hydrogen (secondary N) is 1. The number of carbonyl (C=O) groups excluding carboxylic acids is 2. The Morgan fingerprint density at radius 1 is 1.00 bits per heavy atom. The standard InChI is InChI=1S/C22H19NO4/c1-15(24)23-19-8-6-17(7-9-19)16-2-4-18(5-3-16)21-14-26-22(27-21)12-10-20(25)11-13-22/h2-13,21H,14H2,1H3,(H,23,24). The monoisotopic (exact) mass is 361 g/mol. The summed E-state index contributed by atoms with van der Waals surface area (Å²) in [6, 6.07) is 15.8. The number of hydrogen-bond acceptors (Lipinski definition) is 4. The molecule has 1 aliphatic carbocycles. The van der Waals surface area contributed by atoms with Crippen LogP contribution < -0.4 is 5.32 Å². The number of amides is 1. The highest BCUT2D eigenvalue weighted by molar-refractivity contribution is 6.00. The molecule has 1 heterocycles. The number of ether oxygens (including phenoxy) is 2. The van der Waals surface area contributed by atoms with Gasteiger partial charge in [-0.25, -0.2) is 0 Å². The average molecular weight is 361 g/mol. The van der Waals surface area contributed by atoms with Crippen molar-refractivity contribution in [2.24, 2.45) is 0 Å². The molecular formula is C22H19NO4. The molecule has 2 aliphatic rings. The molecule has 136 valence electrons. The van der Waals surface area contributed by atoms with Crippen molar-refractivity contribution in [2.45, 2.75) is 18.8 Å². The third-order valence-electron chi connectivity index (χ3n) is 4.57. The SMILES string of the molecule is CC(=O)Nc1ccc(-c2ccc(C3COC4(C=CC(=O)C=C4)O3)cc2)cc1. The molecule has 1 amide bonds. The number of rotatable bonds is 3. The lowest BCUT2D eigenvalue weighted by atomic mass is 10.0. The summed E-state index contributed by atoms with van der Waals surface area (Å²) in [6.45, 7) is 1.91. The molecule has 0 saturated carbocycles. The predicted octanol–water partition coefficient (Wildman–Crippen LogP) is 3.79. The lowest BCUT2D eigenvalue weighted by molar-refractivity contribution is -0.114. The van der Waals surface area contributed by atoms with E-state index in [1.54, 1.807) is 12.2 Å². The summed E-state index contributed by atoms with van der Waals surface area (Å²) >= 11 is 0. The molecule has 27 heavy (non-hydrogen) atoms. The van der Waals surface area contributed by atoms with Crippen molar-refractivity contribution in [1.29, 1.82) is 0 Å². The zero-order valence-electron chi connectivity index (χ0n) is 14.8. The molecule has 2 aromatic rings. The number of anilines is 1. The normalized spacial score (nSPS) is 20.2. The molecule has 1 N–H and O–H groups in total. The minimum Gasteiger partial charge on any atom is -0.340 e. The van der Waals surface area contributed by atoms with Gasteiger partial charge in [0.1, 0.15) is 6.10 Å². The first-order valence-electron chi connectivity index (χ1n) is 8.75. The van der Waals surface area contributed by atoms with Gasteiger partial charge in [0.05, 0.1) is 6.61 Å². The Labute approximate surface area is 157 Å². The van der Waals surface area contributed by atoms with Crippen molar-refractivity contribution in [2.75, 3.05) is 11.9 Å². The van der Waals surface area contributed by atoms with E-state index in [9.17, 15) is 9.59 Å². The minimum absolute atomic E-state index is 0.0647. The average Bonchev–Trinajstić information content (AvgIpc) is 3.09. The highest BCUT2D eigenvalue weighted by Gasteiger charge is 2.39. The van der Waals surface area contributed by atoms with Crippen molar-refractivity contribution >= 4 is 17.4 Å². The Kier molecular flexibility index (Phi) is 4.48. The molecule has 1 aliphatic heterocycles. The van der Waals surface area contributed by atoms with Crippen molar-refractivity contribution in [3.63, 3.8) is 0 Å². The zero-order valence-corrected chi connectivity index (χ0v) is 14.8. The summed E-state index contributed by atoms with van der Waals surface area (Å²) in [5, 5.41) is 2.76. The van der Waals surface area contributed by atoms with E-state index in [2.05, 4.69) is 5.32 Å². The van der Waals surface area contributed by atoms with Crippen molar-refractivity contribution < 1.29 is 19.1 Å². The van der Waals surface area contributed by atoms with Gasteiger partial charge in [0, 0.05) is 12.6 Å². The Balaban J connectivity index is 1.47. The van der Waals surface area contributed by atoms with Crippen LogP contribution in [-0.2, 0) is 19.1 Å². The molecular weight excluding hydrogens is 342 g/mol. The van der Waals surface area contributed by atoms with E-state index < -0.39 is 5.79 Å². The fraction of sp³-hybridized carbons (Fsp3) is 0.182. The van der Waals surface area contributed by atoms with Crippen LogP contribution in [0, 0.1) is 0 Å². The van der Waals surface area contributed by atoms with Crippen LogP contribution in [0.5, 0.6) is 0 Å². The van der Waals surface area contributed by atoms with Crippen LogP contribution in [-0.4, -0.2) is 24.1 Å². The summed E-state index contributed by atoms with van der Waals surface area (Å²) < 4.78 is 11.8. The quantitative estimate of drug-likeness (QED) is 0.903. The molecule has 1 spiro atoms. The Hall–Kier alpha value is -3.02. The van der Waals surface area contributed by atoms with Crippen molar-refractivity contribution in [1.82, 2.24) is 0 Å². The van der Waals surface area contributed by atoms with Gasteiger partial charge in [0.2, 0.25) is 11.7 Å². The second-order valence-corrected chi connectivity index (χ2v) is 6.59. The third kappa shape index (κ3) is 3.74. The lowest BCUT2D eigenvalue weighted by Gasteiger charge is -2.22. The largest absolute Gasteiger partial charge is 0.340 e. The fourth-order valence-electron chi connectivity index (χ4n) is 3.18. The summed E-state index contributed by atoms with van der Waals surface area (Å²) in [4.78, 5) is 22.4. The fourth-order valence-corrected chi connectivity index (χ4v) is 3.18. The topological polar surface area (TPSA) is 64.6 Å². The van der Waals surface area contributed by atoms with E-state index in [0.29, 0.717) is 6.61 Å². The van der Waals surface area contributed by atoms with Gasteiger partial charge >= 0.3 is 0 Å². The summed E-state index contributed by atoms with van der Waals surface area (Å²) in [5.41, 5.74) is 3.93. The smallest absolute Gasteiger partial charge is 0.221 e. The highest BCUT2D eigenvalue weighted by atomic mass is 16.7. The van der Waals surface area contributed by atoms with E-state index in [1.165, 1.54) is 19.1 Å². The number of benzene rings is 2. The Morgan fingerprint density at radius 2 is 1.59 bits per heavy atom. The third-order valence-corrected chi connectivity index (χ3v) is 4.57. The number of carbonyl (C=O) groups is 2.